The number of amides is 1. The molecule has 2 fully saturated rings. The predicted octanol–water partition coefficient (Wildman–Crippen LogP) is 4.70. The van der Waals surface area contributed by atoms with Gasteiger partial charge in [0.25, 0.3) is 11.7 Å². The summed E-state index contributed by atoms with van der Waals surface area (Å²) in [6, 6.07) is -1.19. The monoisotopic (exact) mass is 808 g/mol. The molecule has 1 saturated carbocycles. The normalized spacial score (nSPS) is 38.8. The molecule has 2 aliphatic heterocycles. The first-order valence-electron chi connectivity index (χ1n) is 21.1. The molecule has 2 heterocycles. The van der Waals surface area contributed by atoms with Crippen molar-refractivity contribution in [1.29, 1.82) is 0 Å². The van der Waals surface area contributed by atoms with Crippen molar-refractivity contribution in [1.82, 2.24) is 4.90 Å². The van der Waals surface area contributed by atoms with Crippen LogP contribution in [0.15, 0.2) is 23.3 Å². The van der Waals surface area contributed by atoms with E-state index in [9.17, 15) is 39.6 Å². The van der Waals surface area contributed by atoms with Crippen molar-refractivity contribution in [2.45, 2.75) is 168 Å². The number of hydrogen-bond acceptors (Lipinski definition) is 12. The molecule has 0 bridgehead atoms. The second kappa shape index (κ2) is 22.2. The Hall–Kier alpha value is -2.52. The van der Waals surface area contributed by atoms with Gasteiger partial charge in [-0.2, -0.15) is 0 Å². The van der Waals surface area contributed by atoms with Gasteiger partial charge in [-0.3, -0.25) is 14.4 Å². The lowest BCUT2D eigenvalue weighted by Crippen LogP contribution is -2.58. The molecule has 1 amide bonds. The van der Waals surface area contributed by atoms with Crippen molar-refractivity contribution in [3.8, 4) is 0 Å². The molecule has 3 aliphatic rings. The number of aliphatic hydroxyl groups excluding tert-OH is 2. The quantitative estimate of drug-likeness (QED) is 0.126. The van der Waals surface area contributed by atoms with Crippen LogP contribution in [0.2, 0.25) is 0 Å². The van der Waals surface area contributed by atoms with Gasteiger partial charge in [0.1, 0.15) is 17.9 Å². The summed E-state index contributed by atoms with van der Waals surface area (Å²) in [5, 5.41) is 44.6. The van der Waals surface area contributed by atoms with Gasteiger partial charge < -0.3 is 44.3 Å². The van der Waals surface area contributed by atoms with Crippen LogP contribution in [0.25, 0.3) is 0 Å². The first-order chi connectivity index (χ1) is 26.8. The van der Waals surface area contributed by atoms with Gasteiger partial charge in [-0.15, -0.1) is 0 Å². The minimum atomic E-state index is -3.05. The molecule has 57 heavy (non-hydrogen) atoms. The second-order valence-corrected chi connectivity index (χ2v) is 17.5. The Balaban J connectivity index is 2.08. The van der Waals surface area contributed by atoms with Crippen molar-refractivity contribution in [3.05, 3.63) is 23.3 Å². The third-order valence-electron chi connectivity index (χ3n) is 13.0. The van der Waals surface area contributed by atoms with Crippen LogP contribution >= 0.6 is 0 Å². The van der Waals surface area contributed by atoms with Gasteiger partial charge in [-0.05, 0) is 95.5 Å². The fourth-order valence-electron chi connectivity index (χ4n) is 9.19. The maximum atomic E-state index is 14.2. The predicted molar refractivity (Wildman–Crippen MR) is 215 cm³/mol. The Morgan fingerprint density at radius 3 is 2.11 bits per heavy atom. The largest absolute Gasteiger partial charge is 0.456 e. The van der Waals surface area contributed by atoms with Gasteiger partial charge in [0.05, 0.1) is 30.5 Å². The summed E-state index contributed by atoms with van der Waals surface area (Å²) in [4.78, 5) is 56.7. The number of ether oxygens (including phenoxy) is 4. The lowest BCUT2D eigenvalue weighted by Gasteiger charge is -2.38. The summed E-state index contributed by atoms with van der Waals surface area (Å²) in [5.74, 6) is -9.01. The summed E-state index contributed by atoms with van der Waals surface area (Å²) in [5.41, 5.74) is 1.67. The van der Waals surface area contributed by atoms with Crippen LogP contribution in [0.3, 0.4) is 0 Å². The number of fused-ring (bicyclic) bond motifs is 1. The topological polar surface area (TPSA) is 189 Å². The summed E-state index contributed by atoms with van der Waals surface area (Å²) in [6.07, 6.45) is 4.68. The second-order valence-electron chi connectivity index (χ2n) is 17.5. The van der Waals surface area contributed by atoms with Gasteiger partial charge in [-0.1, -0.05) is 52.3 Å². The molecule has 0 aromatic carbocycles. The summed E-state index contributed by atoms with van der Waals surface area (Å²) < 4.78 is 23.5. The van der Waals surface area contributed by atoms with Crippen molar-refractivity contribution in [2.75, 3.05) is 27.9 Å². The number of aliphatic hydroxyl groups is 4. The minimum absolute atomic E-state index is 0.0176. The highest BCUT2D eigenvalue weighted by Crippen LogP contribution is 2.34. The molecular weight excluding hydrogens is 734 g/mol. The Kier molecular flexibility index (Phi) is 19.0. The fourth-order valence-corrected chi connectivity index (χ4v) is 9.19. The van der Waals surface area contributed by atoms with Gasteiger partial charge in [-0.25, -0.2) is 4.79 Å². The van der Waals surface area contributed by atoms with Crippen LogP contribution < -0.4 is 0 Å². The van der Waals surface area contributed by atoms with E-state index in [0.717, 1.165) is 10.5 Å². The number of nitrogens with zero attached hydrogens (tertiary/aromatic N) is 1. The molecule has 0 unspecified atom stereocenters. The van der Waals surface area contributed by atoms with Gasteiger partial charge in [0.2, 0.25) is 5.79 Å². The molecular formula is C44H73NO12. The lowest BCUT2D eigenvalue weighted by atomic mass is 9.81. The third-order valence-corrected chi connectivity index (χ3v) is 13.0. The highest BCUT2D eigenvalue weighted by atomic mass is 16.5. The Morgan fingerprint density at radius 1 is 0.860 bits per heavy atom. The average Bonchev–Trinajstić information content (AvgIpc) is 3.18. The number of Topliss-reactive ketones (excluding diaryl/α,β-unsaturated/α-hetero) is 2. The van der Waals surface area contributed by atoms with E-state index in [2.05, 4.69) is 6.92 Å². The van der Waals surface area contributed by atoms with Crippen LogP contribution in [0.1, 0.15) is 119 Å². The molecule has 13 atom stereocenters. The van der Waals surface area contributed by atoms with Crippen LogP contribution in [-0.2, 0) is 38.1 Å². The highest BCUT2D eigenvalue weighted by molar-refractivity contribution is 6.39. The number of methoxy groups -OCH3 is 3. The maximum absolute atomic E-state index is 14.2. The molecule has 326 valence electrons. The number of piperidine rings is 1. The van der Waals surface area contributed by atoms with Crippen molar-refractivity contribution < 1.29 is 58.6 Å². The van der Waals surface area contributed by atoms with E-state index in [-0.39, 0.29) is 61.6 Å². The summed E-state index contributed by atoms with van der Waals surface area (Å²) in [7, 11) is 4.68. The van der Waals surface area contributed by atoms with Gasteiger partial charge >= 0.3 is 5.97 Å². The minimum Gasteiger partial charge on any atom is -0.456 e. The molecule has 3 rings (SSSR count). The van der Waals surface area contributed by atoms with Gasteiger partial charge in [0, 0.05) is 58.0 Å². The number of rotatable bonds is 6. The highest BCUT2D eigenvalue weighted by Gasteiger charge is 2.49. The number of carbonyl (C=O) groups excluding carboxylic acids is 4. The Bertz CT molecular complexity index is 1410. The molecule has 1 saturated heterocycles. The standard InChI is InChI=1S/C44H73NO12/c1-11-32-19-25(2)18-26(3)20-37(54-8)30(7)38(55-9)22-28(5)44(52,53)41(49)42(50)45-17-13-12-14-33(45)43(51)57-40(29(6)35(47)24-36(32)48)27(4)21-31-15-16-34(46)39(23-31)56-10/h19,21,26,28-35,37-40,46-47,52-53H,11-18,20,22-24H2,1-10H3/b25-19+,27-21+/t26-,28+,29+,30+,31-,32+,33-,34+,35-,37-,38-,39+,40+/m0/s1. The van der Waals surface area contributed by atoms with Crippen LogP contribution in [0.5, 0.6) is 0 Å². The number of cyclic esters (lactones) is 1. The fraction of sp³-hybridized carbons (Fsp3) is 0.818. The van der Waals surface area contributed by atoms with Crippen LogP contribution in [0.4, 0.5) is 0 Å². The molecule has 0 aromatic heterocycles. The number of carbonyl (C=O) groups is 4. The first kappa shape index (κ1) is 48.8. The van der Waals surface area contributed by atoms with Gasteiger partial charge in [0.15, 0.2) is 0 Å². The number of esters is 1. The molecule has 13 heteroatoms. The smallest absolute Gasteiger partial charge is 0.329 e. The molecule has 0 spiro atoms. The van der Waals surface area contributed by atoms with Crippen molar-refractivity contribution >= 4 is 23.4 Å². The van der Waals surface area contributed by atoms with E-state index in [1.165, 1.54) is 14.0 Å². The molecule has 1 aliphatic carbocycles. The molecule has 13 nitrogen and oxygen atoms in total. The van der Waals surface area contributed by atoms with E-state index in [0.29, 0.717) is 56.9 Å². The van der Waals surface area contributed by atoms with E-state index in [1.807, 2.05) is 32.9 Å². The van der Waals surface area contributed by atoms with Crippen molar-refractivity contribution in [2.24, 2.45) is 35.5 Å². The SMILES string of the molecule is CC[C@@H]1/C=C(\C)C[C@H](C)C[C@H](OC)[C@@H](C)[C@@H](OC)C[C@@H](C)C(O)(O)C(=O)C(=O)N2CCCC[C@H]2C(=O)O[C@H](/C(C)=C/[C@@H]2CC[C@@H](O)[C@H](OC)C2)[C@H](C)[C@@H](O)CC1=O. The lowest BCUT2D eigenvalue weighted by molar-refractivity contribution is -0.209. The van der Waals surface area contributed by atoms with E-state index in [4.69, 9.17) is 18.9 Å². The number of ketones is 2. The van der Waals surface area contributed by atoms with Crippen molar-refractivity contribution in [3.63, 3.8) is 0 Å². The van der Waals surface area contributed by atoms with Crippen LogP contribution in [-0.4, -0.2) is 125 Å². The zero-order valence-electron chi connectivity index (χ0n) is 36.1. The third kappa shape index (κ3) is 12.7. The van der Waals surface area contributed by atoms with E-state index >= 15 is 0 Å². The summed E-state index contributed by atoms with van der Waals surface area (Å²) in [6.45, 7) is 13.0. The molecule has 0 aromatic rings. The number of allylic oxidation sites excluding steroid dienone is 3. The van der Waals surface area contributed by atoms with E-state index in [1.54, 1.807) is 28.1 Å². The zero-order valence-corrected chi connectivity index (χ0v) is 36.1. The molecule has 0 radical (unpaired) electrons. The zero-order chi connectivity index (χ0) is 42.8. The first-order valence-corrected chi connectivity index (χ1v) is 21.1. The Morgan fingerprint density at radius 2 is 1.49 bits per heavy atom. The maximum Gasteiger partial charge on any atom is 0.329 e. The average molecular weight is 808 g/mol. The number of hydrogen-bond donors (Lipinski definition) is 4. The van der Waals surface area contributed by atoms with Crippen LogP contribution in [0, 0.1) is 35.5 Å². The molecule has 4 N–H and O–H groups in total. The summed E-state index contributed by atoms with van der Waals surface area (Å²) >= 11 is 0. The van der Waals surface area contributed by atoms with E-state index < -0.39 is 71.7 Å². The Labute approximate surface area is 340 Å².